The smallest absolute Gasteiger partial charge is 0.245 e. The van der Waals surface area contributed by atoms with Crippen LogP contribution in [-0.2, 0) is 11.3 Å². The quantitative estimate of drug-likeness (QED) is 0.582. The lowest BCUT2D eigenvalue weighted by atomic mass is 10.2. The minimum atomic E-state index is -0.177. The van der Waals surface area contributed by atoms with Crippen LogP contribution in [-0.4, -0.2) is 30.4 Å². The van der Waals surface area contributed by atoms with Crippen LogP contribution in [0.3, 0.4) is 0 Å². The van der Waals surface area contributed by atoms with Crippen LogP contribution in [0.5, 0.6) is 0 Å². The fourth-order valence-corrected chi connectivity index (χ4v) is 2.72. The number of rotatable bonds is 5. The van der Waals surface area contributed by atoms with Gasteiger partial charge >= 0.3 is 0 Å². The Morgan fingerprint density at radius 1 is 0.929 bits per heavy atom. The third-order valence-corrected chi connectivity index (χ3v) is 4.16. The highest BCUT2D eigenvalue weighted by Gasteiger charge is 2.08. The minimum absolute atomic E-state index is 0.149. The van der Waals surface area contributed by atoms with Crippen molar-refractivity contribution in [3.05, 3.63) is 79.3 Å². The Hall–Kier alpha value is -3.87. The number of anilines is 1. The fourth-order valence-electron chi connectivity index (χ4n) is 2.72. The molecule has 0 spiro atoms. The van der Waals surface area contributed by atoms with Crippen molar-refractivity contribution in [3.8, 4) is 22.5 Å². The summed E-state index contributed by atoms with van der Waals surface area (Å²) >= 11 is 0. The van der Waals surface area contributed by atoms with Crippen LogP contribution >= 0.6 is 0 Å². The summed E-state index contributed by atoms with van der Waals surface area (Å²) in [6, 6.07) is 13.2. The molecule has 0 saturated heterocycles. The molecule has 28 heavy (non-hydrogen) atoms. The summed E-state index contributed by atoms with van der Waals surface area (Å²) in [5, 5.41) is 2.79. The van der Waals surface area contributed by atoms with E-state index in [2.05, 4.69) is 25.3 Å². The number of hydrogen-bond acceptors (Lipinski definition) is 5. The van der Waals surface area contributed by atoms with Crippen LogP contribution in [0, 0.1) is 6.92 Å². The van der Waals surface area contributed by atoms with E-state index in [0.717, 1.165) is 28.2 Å². The molecule has 0 saturated carbocycles. The summed E-state index contributed by atoms with van der Waals surface area (Å²) in [5.74, 6) is 0.317. The Morgan fingerprint density at radius 2 is 1.75 bits per heavy atom. The number of nitrogens with one attached hydrogen (secondary N) is 1. The minimum Gasteiger partial charge on any atom is -0.327 e. The molecule has 138 valence electrons. The molecule has 0 aliphatic rings. The van der Waals surface area contributed by atoms with Gasteiger partial charge in [-0.15, -0.1) is 0 Å². The molecular weight excluding hydrogens is 352 g/mol. The van der Waals surface area contributed by atoms with E-state index in [4.69, 9.17) is 0 Å². The van der Waals surface area contributed by atoms with Crippen LogP contribution in [0.4, 0.5) is 5.82 Å². The highest BCUT2D eigenvalue weighted by atomic mass is 16.2. The summed E-state index contributed by atoms with van der Waals surface area (Å²) in [7, 11) is 0. The highest BCUT2D eigenvalue weighted by Crippen LogP contribution is 2.17. The molecule has 7 heteroatoms. The van der Waals surface area contributed by atoms with Gasteiger partial charge in [0.25, 0.3) is 0 Å². The van der Waals surface area contributed by atoms with Crippen molar-refractivity contribution in [2.24, 2.45) is 0 Å². The Labute approximate surface area is 162 Å². The van der Waals surface area contributed by atoms with Crippen LogP contribution < -0.4 is 5.32 Å². The number of aryl methyl sites for hydroxylation is 1. The molecule has 0 fully saturated rings. The number of imidazole rings is 1. The van der Waals surface area contributed by atoms with Gasteiger partial charge in [-0.2, -0.15) is 0 Å². The molecule has 1 N–H and O–H groups in total. The van der Waals surface area contributed by atoms with E-state index >= 15 is 0 Å². The third kappa shape index (κ3) is 4.09. The first-order valence-electron chi connectivity index (χ1n) is 8.79. The van der Waals surface area contributed by atoms with Gasteiger partial charge in [-0.1, -0.05) is 6.07 Å². The van der Waals surface area contributed by atoms with Crippen LogP contribution in [0.2, 0.25) is 0 Å². The first kappa shape index (κ1) is 17.5. The number of hydrogen-bond donors (Lipinski definition) is 1. The number of carbonyl (C=O) groups excluding carboxylic acids is 1. The molecule has 0 aromatic carbocycles. The summed E-state index contributed by atoms with van der Waals surface area (Å²) < 4.78 is 1.73. The number of aromatic nitrogens is 5. The predicted molar refractivity (Wildman–Crippen MR) is 106 cm³/mol. The Bertz CT molecular complexity index is 1070. The maximum Gasteiger partial charge on any atom is 0.245 e. The Morgan fingerprint density at radius 3 is 2.46 bits per heavy atom. The molecule has 4 heterocycles. The lowest BCUT2D eigenvalue weighted by Crippen LogP contribution is -2.18. The molecule has 4 rings (SSSR count). The van der Waals surface area contributed by atoms with E-state index in [-0.39, 0.29) is 12.5 Å². The maximum absolute atomic E-state index is 12.3. The Balaban J connectivity index is 1.39. The highest BCUT2D eigenvalue weighted by molar-refractivity contribution is 5.89. The van der Waals surface area contributed by atoms with Crippen LogP contribution in [0.25, 0.3) is 22.5 Å². The average Bonchev–Trinajstić information content (AvgIpc) is 3.18. The van der Waals surface area contributed by atoms with Gasteiger partial charge in [0.2, 0.25) is 5.91 Å². The molecule has 0 atom stereocenters. The molecule has 7 nitrogen and oxygen atoms in total. The van der Waals surface area contributed by atoms with E-state index in [9.17, 15) is 4.79 Å². The van der Waals surface area contributed by atoms with E-state index in [1.54, 1.807) is 35.6 Å². The van der Waals surface area contributed by atoms with Crippen molar-refractivity contribution < 1.29 is 4.79 Å². The zero-order valence-corrected chi connectivity index (χ0v) is 15.3. The van der Waals surface area contributed by atoms with Crippen molar-refractivity contribution in [2.45, 2.75) is 13.5 Å². The zero-order chi connectivity index (χ0) is 19.3. The third-order valence-electron chi connectivity index (χ3n) is 4.16. The van der Waals surface area contributed by atoms with Gasteiger partial charge in [-0.05, 0) is 43.3 Å². The summed E-state index contributed by atoms with van der Waals surface area (Å²) in [6.07, 6.45) is 8.65. The van der Waals surface area contributed by atoms with E-state index in [0.29, 0.717) is 5.82 Å². The van der Waals surface area contributed by atoms with Gasteiger partial charge in [0, 0.05) is 41.6 Å². The predicted octanol–water partition coefficient (Wildman–Crippen LogP) is 3.35. The number of carbonyl (C=O) groups is 1. The molecule has 0 unspecified atom stereocenters. The molecule has 0 aliphatic carbocycles. The lowest BCUT2D eigenvalue weighted by molar-refractivity contribution is -0.116. The number of pyridine rings is 3. The normalized spacial score (nSPS) is 10.6. The second-order valence-corrected chi connectivity index (χ2v) is 6.31. The fraction of sp³-hybridized carbons (Fsp3) is 0.0952. The number of nitrogens with zero attached hydrogens (tertiary/aromatic N) is 5. The van der Waals surface area contributed by atoms with Crippen molar-refractivity contribution >= 4 is 11.7 Å². The first-order valence-corrected chi connectivity index (χ1v) is 8.79. The molecule has 0 aliphatic heterocycles. The second kappa shape index (κ2) is 7.79. The zero-order valence-electron chi connectivity index (χ0n) is 15.3. The van der Waals surface area contributed by atoms with Crippen molar-refractivity contribution in [1.29, 1.82) is 0 Å². The molecule has 4 aromatic heterocycles. The maximum atomic E-state index is 12.3. The van der Waals surface area contributed by atoms with E-state index in [1.165, 1.54) is 0 Å². The molecule has 0 radical (unpaired) electrons. The summed E-state index contributed by atoms with van der Waals surface area (Å²) in [6.45, 7) is 2.08. The van der Waals surface area contributed by atoms with E-state index in [1.807, 2.05) is 49.5 Å². The SMILES string of the molecule is Cc1ccc(-c2cn(CC(=O)Nc3ccc(-c4ccccn4)cn3)cn2)cn1. The van der Waals surface area contributed by atoms with Gasteiger partial charge in [0.05, 0.1) is 17.7 Å². The first-order chi connectivity index (χ1) is 13.7. The molecule has 1 amide bonds. The van der Waals surface area contributed by atoms with Crippen molar-refractivity contribution in [1.82, 2.24) is 24.5 Å². The van der Waals surface area contributed by atoms with Crippen LogP contribution in [0.15, 0.2) is 73.6 Å². The van der Waals surface area contributed by atoms with Crippen molar-refractivity contribution in [3.63, 3.8) is 0 Å². The summed E-state index contributed by atoms with van der Waals surface area (Å²) in [5.41, 5.74) is 4.37. The monoisotopic (exact) mass is 370 g/mol. The van der Waals surface area contributed by atoms with Gasteiger partial charge in [0.1, 0.15) is 12.4 Å². The van der Waals surface area contributed by atoms with Gasteiger partial charge in [0.15, 0.2) is 0 Å². The molecule has 4 aromatic rings. The Kier molecular flexibility index (Phi) is 4.88. The largest absolute Gasteiger partial charge is 0.327 e. The molecule has 0 bridgehead atoms. The topological polar surface area (TPSA) is 85.6 Å². The molecular formula is C21H18N6O. The lowest BCUT2D eigenvalue weighted by Gasteiger charge is -2.06. The van der Waals surface area contributed by atoms with Gasteiger partial charge < -0.3 is 9.88 Å². The average molecular weight is 370 g/mol. The number of amides is 1. The van der Waals surface area contributed by atoms with Crippen LogP contribution in [0.1, 0.15) is 5.69 Å². The summed E-state index contributed by atoms with van der Waals surface area (Å²) in [4.78, 5) is 29.5. The van der Waals surface area contributed by atoms with Crippen molar-refractivity contribution in [2.75, 3.05) is 5.32 Å². The van der Waals surface area contributed by atoms with E-state index < -0.39 is 0 Å². The standard InChI is InChI=1S/C21H18N6O/c1-15-5-6-17(10-23-15)19-12-27(14-25-19)13-21(28)26-20-8-7-16(11-24-20)18-4-2-3-9-22-18/h2-12,14H,13H2,1H3,(H,24,26,28). The van der Waals surface area contributed by atoms with Gasteiger partial charge in [-0.25, -0.2) is 9.97 Å². The van der Waals surface area contributed by atoms with Gasteiger partial charge in [-0.3, -0.25) is 14.8 Å². The second-order valence-electron chi connectivity index (χ2n) is 6.31.